The van der Waals surface area contributed by atoms with Gasteiger partial charge in [0.2, 0.25) is 5.89 Å². The SMILES string of the molecule is CCc1noc(CNc2cc(Cl)c(C)c(Cl)c2)n1. The topological polar surface area (TPSA) is 51.0 Å². The molecular formula is C12H13Cl2N3O. The van der Waals surface area contributed by atoms with E-state index in [1.165, 1.54) is 0 Å². The molecule has 4 nitrogen and oxygen atoms in total. The van der Waals surface area contributed by atoms with E-state index < -0.39 is 0 Å². The smallest absolute Gasteiger partial charge is 0.245 e. The summed E-state index contributed by atoms with van der Waals surface area (Å²) >= 11 is 12.1. The lowest BCUT2D eigenvalue weighted by molar-refractivity contribution is 0.378. The van der Waals surface area contributed by atoms with Crippen LogP contribution in [-0.4, -0.2) is 10.1 Å². The fraction of sp³-hybridized carbons (Fsp3) is 0.333. The van der Waals surface area contributed by atoms with Crippen LogP contribution < -0.4 is 5.32 Å². The van der Waals surface area contributed by atoms with E-state index in [0.29, 0.717) is 28.3 Å². The lowest BCUT2D eigenvalue weighted by Crippen LogP contribution is -2.00. The van der Waals surface area contributed by atoms with Gasteiger partial charge in [0.15, 0.2) is 5.82 Å². The zero-order valence-corrected chi connectivity index (χ0v) is 11.6. The van der Waals surface area contributed by atoms with Gasteiger partial charge < -0.3 is 9.84 Å². The molecule has 0 saturated heterocycles. The van der Waals surface area contributed by atoms with Gasteiger partial charge in [0, 0.05) is 22.2 Å². The van der Waals surface area contributed by atoms with E-state index in [2.05, 4.69) is 15.5 Å². The molecule has 0 radical (unpaired) electrons. The molecule has 1 N–H and O–H groups in total. The van der Waals surface area contributed by atoms with Gasteiger partial charge in [-0.25, -0.2) is 0 Å². The molecule has 0 fully saturated rings. The molecule has 0 spiro atoms. The minimum Gasteiger partial charge on any atom is -0.376 e. The van der Waals surface area contributed by atoms with Crippen molar-refractivity contribution >= 4 is 28.9 Å². The lowest BCUT2D eigenvalue weighted by atomic mass is 10.2. The zero-order chi connectivity index (χ0) is 13.1. The minimum absolute atomic E-state index is 0.447. The van der Waals surface area contributed by atoms with E-state index in [1.807, 2.05) is 26.0 Å². The fourth-order valence-corrected chi connectivity index (χ4v) is 1.92. The molecule has 1 aromatic carbocycles. The van der Waals surface area contributed by atoms with Crippen LogP contribution >= 0.6 is 23.2 Å². The second-order valence-corrected chi connectivity index (χ2v) is 4.69. The van der Waals surface area contributed by atoms with E-state index in [0.717, 1.165) is 17.7 Å². The van der Waals surface area contributed by atoms with E-state index >= 15 is 0 Å². The number of aryl methyl sites for hydroxylation is 1. The summed E-state index contributed by atoms with van der Waals surface area (Å²) in [4.78, 5) is 4.20. The molecule has 2 rings (SSSR count). The Bertz CT molecular complexity index is 531. The summed E-state index contributed by atoms with van der Waals surface area (Å²) < 4.78 is 5.07. The summed E-state index contributed by atoms with van der Waals surface area (Å²) in [6, 6.07) is 3.64. The van der Waals surface area contributed by atoms with Crippen LogP contribution in [0.3, 0.4) is 0 Å². The van der Waals surface area contributed by atoms with E-state index in [-0.39, 0.29) is 0 Å². The van der Waals surface area contributed by atoms with Crippen molar-refractivity contribution in [2.75, 3.05) is 5.32 Å². The van der Waals surface area contributed by atoms with Crippen LogP contribution in [0.25, 0.3) is 0 Å². The number of anilines is 1. The van der Waals surface area contributed by atoms with Crippen LogP contribution in [0.4, 0.5) is 5.69 Å². The first kappa shape index (κ1) is 13.2. The maximum Gasteiger partial charge on any atom is 0.245 e. The summed E-state index contributed by atoms with van der Waals surface area (Å²) in [7, 11) is 0. The van der Waals surface area contributed by atoms with Crippen molar-refractivity contribution in [3.8, 4) is 0 Å². The average Bonchev–Trinajstić information content (AvgIpc) is 2.81. The zero-order valence-electron chi connectivity index (χ0n) is 10.1. The Hall–Kier alpha value is -1.26. The lowest BCUT2D eigenvalue weighted by Gasteiger charge is -2.07. The van der Waals surface area contributed by atoms with Crippen LogP contribution in [-0.2, 0) is 13.0 Å². The molecule has 0 unspecified atom stereocenters. The van der Waals surface area contributed by atoms with Crippen molar-refractivity contribution in [2.24, 2.45) is 0 Å². The molecule has 96 valence electrons. The Balaban J connectivity index is 2.06. The Morgan fingerprint density at radius 2 is 1.94 bits per heavy atom. The molecule has 0 amide bonds. The van der Waals surface area contributed by atoms with Crippen LogP contribution in [0.5, 0.6) is 0 Å². The maximum atomic E-state index is 6.05. The molecule has 0 atom stereocenters. The van der Waals surface area contributed by atoms with Crippen molar-refractivity contribution in [2.45, 2.75) is 26.8 Å². The number of nitrogens with zero attached hydrogens (tertiary/aromatic N) is 2. The predicted octanol–water partition coefficient (Wildman–Crippen LogP) is 3.86. The molecule has 0 bridgehead atoms. The molecule has 0 saturated carbocycles. The highest BCUT2D eigenvalue weighted by Gasteiger charge is 2.07. The number of nitrogens with one attached hydrogen (secondary N) is 1. The van der Waals surface area contributed by atoms with Gasteiger partial charge in [-0.2, -0.15) is 4.98 Å². The monoisotopic (exact) mass is 285 g/mol. The van der Waals surface area contributed by atoms with E-state index in [1.54, 1.807) is 0 Å². The normalized spacial score (nSPS) is 10.7. The third kappa shape index (κ3) is 2.94. The Morgan fingerprint density at radius 1 is 1.28 bits per heavy atom. The first-order valence-electron chi connectivity index (χ1n) is 5.61. The second-order valence-electron chi connectivity index (χ2n) is 3.88. The van der Waals surface area contributed by atoms with Crippen molar-refractivity contribution < 1.29 is 4.52 Å². The van der Waals surface area contributed by atoms with Crippen molar-refractivity contribution in [3.05, 3.63) is 39.5 Å². The number of hydrogen-bond acceptors (Lipinski definition) is 4. The summed E-state index contributed by atoms with van der Waals surface area (Å²) in [5.41, 5.74) is 1.70. The first-order chi connectivity index (χ1) is 8.60. The quantitative estimate of drug-likeness (QED) is 0.927. The molecule has 2 aromatic rings. The highest BCUT2D eigenvalue weighted by Crippen LogP contribution is 2.28. The number of rotatable bonds is 4. The number of halogens is 2. The number of hydrogen-bond donors (Lipinski definition) is 1. The largest absolute Gasteiger partial charge is 0.376 e. The summed E-state index contributed by atoms with van der Waals surface area (Å²) in [5.74, 6) is 1.24. The maximum absolute atomic E-state index is 6.05. The third-order valence-corrected chi connectivity index (χ3v) is 3.34. The molecule has 0 aliphatic heterocycles. The highest BCUT2D eigenvalue weighted by molar-refractivity contribution is 6.36. The standard InChI is InChI=1S/C12H13Cl2N3O/c1-3-11-16-12(18-17-11)6-15-8-4-9(13)7(2)10(14)5-8/h4-5,15H,3,6H2,1-2H3. The van der Waals surface area contributed by atoms with Crippen molar-refractivity contribution in [3.63, 3.8) is 0 Å². The van der Waals surface area contributed by atoms with Gasteiger partial charge in [-0.15, -0.1) is 0 Å². The van der Waals surface area contributed by atoms with Gasteiger partial charge in [0.1, 0.15) is 0 Å². The molecule has 0 aliphatic carbocycles. The van der Waals surface area contributed by atoms with Gasteiger partial charge in [-0.05, 0) is 24.6 Å². The van der Waals surface area contributed by atoms with Gasteiger partial charge >= 0.3 is 0 Å². The van der Waals surface area contributed by atoms with Crippen molar-refractivity contribution in [1.82, 2.24) is 10.1 Å². The molecule has 18 heavy (non-hydrogen) atoms. The summed E-state index contributed by atoms with van der Waals surface area (Å²) in [6.45, 7) is 4.30. The van der Waals surface area contributed by atoms with Crippen LogP contribution in [0.15, 0.2) is 16.7 Å². The Kier molecular flexibility index (Phi) is 4.09. The Morgan fingerprint density at radius 3 is 2.50 bits per heavy atom. The van der Waals surface area contributed by atoms with Crippen LogP contribution in [0, 0.1) is 6.92 Å². The first-order valence-corrected chi connectivity index (χ1v) is 6.36. The van der Waals surface area contributed by atoms with E-state index in [9.17, 15) is 0 Å². The fourth-order valence-electron chi connectivity index (χ4n) is 1.43. The summed E-state index contributed by atoms with van der Waals surface area (Å²) in [6.07, 6.45) is 0.756. The number of aromatic nitrogens is 2. The average molecular weight is 286 g/mol. The van der Waals surface area contributed by atoms with Crippen molar-refractivity contribution in [1.29, 1.82) is 0 Å². The molecule has 0 aliphatic rings. The van der Waals surface area contributed by atoms with Crippen LogP contribution in [0.2, 0.25) is 10.0 Å². The molecule has 1 aromatic heterocycles. The minimum atomic E-state index is 0.447. The second kappa shape index (κ2) is 5.59. The van der Waals surface area contributed by atoms with Gasteiger partial charge in [-0.1, -0.05) is 35.3 Å². The van der Waals surface area contributed by atoms with Gasteiger partial charge in [0.05, 0.1) is 6.54 Å². The third-order valence-electron chi connectivity index (χ3n) is 2.55. The molecule has 6 heteroatoms. The Labute approximate surface area is 115 Å². The predicted molar refractivity (Wildman–Crippen MR) is 72.2 cm³/mol. The molecule has 1 heterocycles. The number of benzene rings is 1. The summed E-state index contributed by atoms with van der Waals surface area (Å²) in [5, 5.41) is 8.22. The molecular weight excluding hydrogens is 273 g/mol. The van der Waals surface area contributed by atoms with Gasteiger partial charge in [-0.3, -0.25) is 0 Å². The van der Waals surface area contributed by atoms with Crippen LogP contribution in [0.1, 0.15) is 24.2 Å². The highest BCUT2D eigenvalue weighted by atomic mass is 35.5. The van der Waals surface area contributed by atoms with E-state index in [4.69, 9.17) is 27.7 Å². The van der Waals surface area contributed by atoms with Gasteiger partial charge in [0.25, 0.3) is 0 Å².